The number of nitriles is 1. The molecule has 1 aliphatic heterocycles. The molecular weight excluding hydrogens is 171 g/mol. The van der Waals surface area contributed by atoms with Gasteiger partial charge < -0.3 is 0 Å². The maximum absolute atomic E-state index is 12.0. The molecule has 0 N–H and O–H groups in total. The Morgan fingerprint density at radius 1 is 1.42 bits per heavy atom. The van der Waals surface area contributed by atoms with E-state index in [0.29, 0.717) is 0 Å². The molecule has 6 heteroatoms. The van der Waals surface area contributed by atoms with Crippen molar-refractivity contribution >= 4 is 5.71 Å². The van der Waals surface area contributed by atoms with Crippen molar-refractivity contribution in [1.29, 1.82) is 5.26 Å². The fourth-order valence-corrected chi connectivity index (χ4v) is 0.729. The summed E-state index contributed by atoms with van der Waals surface area (Å²) in [5.41, 5.74) is 1.16. The predicted molar refractivity (Wildman–Crippen MR) is 33.9 cm³/mol. The van der Waals surface area contributed by atoms with E-state index in [2.05, 4.69) is 10.5 Å². The van der Waals surface area contributed by atoms with Crippen LogP contribution in [0.4, 0.5) is 13.2 Å². The van der Waals surface area contributed by atoms with Crippen LogP contribution in [0.2, 0.25) is 0 Å². The molecule has 0 atom stereocenters. The Morgan fingerprint density at radius 2 is 2.00 bits per heavy atom. The lowest BCUT2D eigenvalue weighted by Gasteiger charge is -2.04. The van der Waals surface area contributed by atoms with E-state index >= 15 is 0 Å². The molecule has 0 fully saturated rings. The quantitative estimate of drug-likeness (QED) is 0.546. The third-order valence-corrected chi connectivity index (χ3v) is 1.28. The van der Waals surface area contributed by atoms with Crippen LogP contribution in [0.1, 0.15) is 6.92 Å². The molecule has 1 heterocycles. The number of nitrogens with zero attached hydrogens (tertiary/aromatic N) is 3. The molecule has 0 aromatic rings. The second kappa shape index (κ2) is 2.52. The minimum Gasteiger partial charge on any atom is -0.192 e. The van der Waals surface area contributed by atoms with Gasteiger partial charge in [0, 0.05) is 0 Å². The fraction of sp³-hybridized carbons (Fsp3) is 0.333. The summed E-state index contributed by atoms with van der Waals surface area (Å²) >= 11 is 0. The second-order valence-corrected chi connectivity index (χ2v) is 2.12. The summed E-state index contributed by atoms with van der Waals surface area (Å²) in [4.78, 5) is 0. The van der Waals surface area contributed by atoms with Crippen LogP contribution in [0.25, 0.3) is 0 Å². The van der Waals surface area contributed by atoms with Crippen LogP contribution in [-0.2, 0) is 0 Å². The molecule has 3 nitrogen and oxygen atoms in total. The molecule has 1 radical (unpaired) electrons. The van der Waals surface area contributed by atoms with E-state index in [4.69, 9.17) is 5.26 Å². The zero-order chi connectivity index (χ0) is 9.35. The van der Waals surface area contributed by atoms with Gasteiger partial charge in [0.2, 0.25) is 0 Å². The predicted octanol–water partition coefficient (Wildman–Crippen LogP) is 1.32. The Hall–Kier alpha value is -1.51. The number of hydrogen-bond donors (Lipinski definition) is 0. The van der Waals surface area contributed by atoms with Crippen molar-refractivity contribution in [3.8, 4) is 6.07 Å². The lowest BCUT2D eigenvalue weighted by molar-refractivity contribution is -0.0968. The van der Waals surface area contributed by atoms with Crippen LogP contribution in [0.15, 0.2) is 16.4 Å². The summed E-state index contributed by atoms with van der Waals surface area (Å²) in [5.74, 6) is 0. The first-order valence-electron chi connectivity index (χ1n) is 2.94. The third kappa shape index (κ3) is 1.25. The Labute approximate surface area is 66.2 Å². The lowest BCUT2D eigenvalue weighted by atomic mass is 10.1. The zero-order valence-corrected chi connectivity index (χ0v) is 5.98. The first-order valence-corrected chi connectivity index (χ1v) is 2.94. The monoisotopic (exact) mass is 174 g/mol. The maximum Gasteiger partial charge on any atom is 0.436 e. The van der Waals surface area contributed by atoms with E-state index < -0.39 is 17.4 Å². The Balaban J connectivity index is 3.11. The van der Waals surface area contributed by atoms with Crippen LogP contribution in [-0.4, -0.2) is 11.9 Å². The van der Waals surface area contributed by atoms with Gasteiger partial charge in [0.15, 0.2) is 5.70 Å². The summed E-state index contributed by atoms with van der Waals surface area (Å²) in [5, 5.41) is 11.5. The normalized spacial score (nSPS) is 17.1. The molecule has 0 saturated heterocycles. The third-order valence-electron chi connectivity index (χ3n) is 1.28. The Bertz CT molecular complexity index is 305. The van der Waals surface area contributed by atoms with E-state index in [-0.39, 0.29) is 5.71 Å². The van der Waals surface area contributed by atoms with Crippen LogP contribution in [0.5, 0.6) is 0 Å². The topological polar surface area (TPSA) is 50.2 Å². The molecular formula is C6H3F3N3. The molecule has 0 aromatic heterocycles. The molecule has 0 spiro atoms. The van der Waals surface area contributed by atoms with Gasteiger partial charge in [-0.1, -0.05) is 0 Å². The van der Waals surface area contributed by atoms with Gasteiger partial charge in [-0.3, -0.25) is 0 Å². The number of alkyl halides is 3. The van der Waals surface area contributed by atoms with Crippen molar-refractivity contribution in [2.24, 2.45) is 5.10 Å². The van der Waals surface area contributed by atoms with Crippen molar-refractivity contribution < 1.29 is 13.2 Å². The Kier molecular flexibility index (Phi) is 1.80. The van der Waals surface area contributed by atoms with Crippen LogP contribution in [0, 0.1) is 11.3 Å². The molecule has 1 rings (SSSR count). The zero-order valence-electron chi connectivity index (χ0n) is 5.98. The van der Waals surface area contributed by atoms with E-state index in [1.807, 2.05) is 0 Å². The van der Waals surface area contributed by atoms with E-state index in [1.54, 1.807) is 0 Å². The second-order valence-electron chi connectivity index (χ2n) is 2.12. The highest BCUT2D eigenvalue weighted by atomic mass is 19.4. The van der Waals surface area contributed by atoms with Gasteiger partial charge in [-0.2, -0.15) is 23.5 Å². The number of allylic oxidation sites excluding steroid dienone is 2. The summed E-state index contributed by atoms with van der Waals surface area (Å²) in [6, 6.07) is 1.41. The molecule has 0 unspecified atom stereocenters. The molecule has 0 amide bonds. The molecule has 1 aliphatic rings. The lowest BCUT2D eigenvalue weighted by Crippen LogP contribution is -2.17. The molecule has 12 heavy (non-hydrogen) atoms. The van der Waals surface area contributed by atoms with Crippen molar-refractivity contribution in [3.05, 3.63) is 11.3 Å². The van der Waals surface area contributed by atoms with Crippen molar-refractivity contribution in [2.45, 2.75) is 13.1 Å². The largest absolute Gasteiger partial charge is 0.436 e. The van der Waals surface area contributed by atoms with Crippen LogP contribution >= 0.6 is 0 Å². The summed E-state index contributed by atoms with van der Waals surface area (Å²) < 4.78 is 36.0. The summed E-state index contributed by atoms with van der Waals surface area (Å²) in [6.45, 7) is 1.31. The first-order chi connectivity index (χ1) is 5.46. The number of hydrogen-bond acceptors (Lipinski definition) is 2. The van der Waals surface area contributed by atoms with Crippen LogP contribution in [0.3, 0.4) is 0 Å². The smallest absolute Gasteiger partial charge is 0.192 e. The molecule has 63 valence electrons. The van der Waals surface area contributed by atoms with Gasteiger partial charge >= 0.3 is 6.18 Å². The standard InChI is InChI=1S/C6H3F3N3/c1-3-4(2-10)5(12-11-3)6(7,8)9/h1H3. The van der Waals surface area contributed by atoms with Gasteiger partial charge in [-0.05, 0) is 6.92 Å². The highest BCUT2D eigenvalue weighted by Crippen LogP contribution is 2.29. The molecule has 0 bridgehead atoms. The van der Waals surface area contributed by atoms with Gasteiger partial charge in [0.1, 0.15) is 11.6 Å². The minimum atomic E-state index is -4.59. The van der Waals surface area contributed by atoms with Crippen molar-refractivity contribution in [1.82, 2.24) is 5.43 Å². The number of halogens is 3. The summed E-state index contributed by atoms with van der Waals surface area (Å²) in [6.07, 6.45) is -4.59. The maximum atomic E-state index is 12.0. The average molecular weight is 174 g/mol. The first kappa shape index (κ1) is 8.59. The van der Waals surface area contributed by atoms with Crippen LogP contribution < -0.4 is 5.43 Å². The highest BCUT2D eigenvalue weighted by molar-refractivity contribution is 6.03. The average Bonchev–Trinajstić information content (AvgIpc) is 2.29. The minimum absolute atomic E-state index is 0.00447. The number of rotatable bonds is 0. The van der Waals surface area contributed by atoms with Gasteiger partial charge in [-0.25, -0.2) is 0 Å². The highest BCUT2D eigenvalue weighted by Gasteiger charge is 2.41. The fourth-order valence-electron chi connectivity index (χ4n) is 0.729. The van der Waals surface area contributed by atoms with E-state index in [1.165, 1.54) is 13.0 Å². The van der Waals surface area contributed by atoms with Gasteiger partial charge in [0.25, 0.3) is 0 Å². The van der Waals surface area contributed by atoms with E-state index in [0.717, 1.165) is 0 Å². The summed E-state index contributed by atoms with van der Waals surface area (Å²) in [7, 11) is 0. The Morgan fingerprint density at radius 3 is 2.33 bits per heavy atom. The van der Waals surface area contributed by atoms with Crippen molar-refractivity contribution in [3.63, 3.8) is 0 Å². The van der Waals surface area contributed by atoms with E-state index in [9.17, 15) is 13.2 Å². The van der Waals surface area contributed by atoms with Crippen molar-refractivity contribution in [2.75, 3.05) is 0 Å². The SMILES string of the molecule is CC1=N[N]C(C(F)(F)F)=C1C#N. The van der Waals surface area contributed by atoms with Gasteiger partial charge in [-0.15, -0.1) is 5.43 Å². The molecule has 0 aromatic carbocycles. The molecule has 0 saturated carbocycles. The van der Waals surface area contributed by atoms with Gasteiger partial charge in [0.05, 0.1) is 5.71 Å². The molecule has 0 aliphatic carbocycles.